The standard InChI is InChI=1S/C14H17FN2O4/c1-14(13(18)19)8-3-2-7-11(14)16-10-6-4-5-9(15)12(10)17(20)21/h4-6,11,16H,2-3,7-8H2,1H3,(H,18,19). The van der Waals surface area contributed by atoms with Crippen LogP contribution in [0.25, 0.3) is 0 Å². The molecule has 0 amide bonds. The number of aliphatic carboxylic acids is 1. The fourth-order valence-corrected chi connectivity index (χ4v) is 2.83. The first-order valence-corrected chi connectivity index (χ1v) is 6.79. The van der Waals surface area contributed by atoms with E-state index in [1.807, 2.05) is 0 Å². The van der Waals surface area contributed by atoms with Crippen molar-refractivity contribution in [3.8, 4) is 0 Å². The Kier molecular flexibility index (Phi) is 4.11. The molecule has 1 fully saturated rings. The first-order chi connectivity index (χ1) is 9.86. The van der Waals surface area contributed by atoms with Gasteiger partial charge in [0.1, 0.15) is 5.69 Å². The zero-order valence-corrected chi connectivity index (χ0v) is 11.6. The molecule has 0 aliphatic heterocycles. The van der Waals surface area contributed by atoms with Gasteiger partial charge in [-0.1, -0.05) is 18.9 Å². The molecule has 1 aliphatic carbocycles. The Morgan fingerprint density at radius 1 is 1.52 bits per heavy atom. The van der Waals surface area contributed by atoms with Crippen LogP contribution in [-0.2, 0) is 4.79 Å². The number of benzene rings is 1. The molecule has 1 aliphatic rings. The van der Waals surface area contributed by atoms with Gasteiger partial charge in [-0.25, -0.2) is 0 Å². The Morgan fingerprint density at radius 2 is 2.24 bits per heavy atom. The van der Waals surface area contributed by atoms with Gasteiger partial charge in [-0.3, -0.25) is 14.9 Å². The molecule has 1 aromatic rings. The molecule has 1 saturated carbocycles. The van der Waals surface area contributed by atoms with Crippen LogP contribution >= 0.6 is 0 Å². The number of hydrogen-bond acceptors (Lipinski definition) is 4. The van der Waals surface area contributed by atoms with Crippen molar-refractivity contribution in [2.45, 2.75) is 38.6 Å². The molecule has 6 nitrogen and oxygen atoms in total. The van der Waals surface area contributed by atoms with Gasteiger partial charge < -0.3 is 10.4 Å². The molecule has 2 N–H and O–H groups in total. The van der Waals surface area contributed by atoms with Gasteiger partial charge in [0, 0.05) is 6.04 Å². The van der Waals surface area contributed by atoms with Crippen molar-refractivity contribution in [1.82, 2.24) is 0 Å². The zero-order chi connectivity index (χ0) is 15.6. The minimum Gasteiger partial charge on any atom is -0.481 e. The third-order valence-electron chi connectivity index (χ3n) is 4.20. The molecular weight excluding hydrogens is 279 g/mol. The Labute approximate surface area is 121 Å². The van der Waals surface area contributed by atoms with E-state index < -0.39 is 33.9 Å². The summed E-state index contributed by atoms with van der Waals surface area (Å²) in [5.74, 6) is -1.88. The lowest BCUT2D eigenvalue weighted by atomic mass is 9.71. The molecule has 2 unspecified atom stereocenters. The highest BCUT2D eigenvalue weighted by molar-refractivity contribution is 5.76. The summed E-state index contributed by atoms with van der Waals surface area (Å²) in [6, 6.07) is 3.31. The minimum atomic E-state index is -1.02. The van der Waals surface area contributed by atoms with Crippen molar-refractivity contribution < 1.29 is 19.2 Å². The Balaban J connectivity index is 2.35. The highest BCUT2D eigenvalue weighted by Gasteiger charge is 2.43. The lowest BCUT2D eigenvalue weighted by Crippen LogP contribution is -2.46. The number of nitrogens with one attached hydrogen (secondary N) is 1. The molecule has 1 aromatic carbocycles. The number of hydrogen-bond donors (Lipinski definition) is 2. The van der Waals surface area contributed by atoms with E-state index >= 15 is 0 Å². The van der Waals surface area contributed by atoms with Crippen molar-refractivity contribution in [3.05, 3.63) is 34.1 Å². The van der Waals surface area contributed by atoms with Gasteiger partial charge >= 0.3 is 11.7 Å². The van der Waals surface area contributed by atoms with Gasteiger partial charge in [-0.15, -0.1) is 0 Å². The number of nitro groups is 1. The lowest BCUT2D eigenvalue weighted by molar-refractivity contribution is -0.386. The van der Waals surface area contributed by atoms with Crippen LogP contribution < -0.4 is 5.32 Å². The average molecular weight is 296 g/mol. The Hall–Kier alpha value is -2.18. The van der Waals surface area contributed by atoms with Gasteiger partial charge in [0.15, 0.2) is 0 Å². The second kappa shape index (κ2) is 5.67. The molecule has 0 heterocycles. The maximum atomic E-state index is 13.6. The highest BCUT2D eigenvalue weighted by Crippen LogP contribution is 2.39. The number of carboxylic acid groups (broad SMARTS) is 1. The summed E-state index contributed by atoms with van der Waals surface area (Å²) in [5.41, 5.74) is -1.63. The normalized spacial score (nSPS) is 25.3. The third-order valence-corrected chi connectivity index (χ3v) is 4.20. The maximum absolute atomic E-state index is 13.6. The third kappa shape index (κ3) is 2.81. The quantitative estimate of drug-likeness (QED) is 0.657. The van der Waals surface area contributed by atoms with Crippen LogP contribution in [0.2, 0.25) is 0 Å². The Morgan fingerprint density at radius 3 is 2.86 bits per heavy atom. The van der Waals surface area contributed by atoms with Crippen LogP contribution in [0.5, 0.6) is 0 Å². The lowest BCUT2D eigenvalue weighted by Gasteiger charge is -2.38. The summed E-state index contributed by atoms with van der Waals surface area (Å²) < 4.78 is 13.6. The average Bonchev–Trinajstić information content (AvgIpc) is 2.41. The highest BCUT2D eigenvalue weighted by atomic mass is 19.1. The summed E-state index contributed by atoms with van der Waals surface area (Å²) in [7, 11) is 0. The SMILES string of the molecule is CC1(C(=O)O)CCCCC1Nc1cccc(F)c1[N+](=O)[O-]. The van der Waals surface area contributed by atoms with Crippen molar-refractivity contribution in [3.63, 3.8) is 0 Å². The predicted octanol–water partition coefficient (Wildman–Crippen LogP) is 3.18. The second-order valence-corrected chi connectivity index (χ2v) is 5.56. The molecule has 0 saturated heterocycles. The number of carbonyl (C=O) groups is 1. The van der Waals surface area contributed by atoms with E-state index in [1.165, 1.54) is 12.1 Å². The van der Waals surface area contributed by atoms with Crippen LogP contribution in [0.15, 0.2) is 18.2 Å². The van der Waals surface area contributed by atoms with Gasteiger partial charge in [-0.05, 0) is 31.9 Å². The van der Waals surface area contributed by atoms with Crippen molar-refractivity contribution in [2.24, 2.45) is 5.41 Å². The van der Waals surface area contributed by atoms with Crippen LogP contribution in [0.3, 0.4) is 0 Å². The molecule has 21 heavy (non-hydrogen) atoms. The number of rotatable bonds is 4. The summed E-state index contributed by atoms with van der Waals surface area (Å²) >= 11 is 0. The summed E-state index contributed by atoms with van der Waals surface area (Å²) in [6.07, 6.45) is 2.70. The summed E-state index contributed by atoms with van der Waals surface area (Å²) in [5, 5.41) is 23.3. The number of anilines is 1. The van der Waals surface area contributed by atoms with Crippen LogP contribution in [0.4, 0.5) is 15.8 Å². The Bertz CT molecular complexity index is 578. The summed E-state index contributed by atoms with van der Waals surface area (Å²) in [4.78, 5) is 21.7. The molecule has 0 radical (unpaired) electrons. The first kappa shape index (κ1) is 15.2. The smallest absolute Gasteiger partial charge is 0.327 e. The van der Waals surface area contributed by atoms with E-state index in [0.29, 0.717) is 12.8 Å². The van der Waals surface area contributed by atoms with Gasteiger partial charge in [0.2, 0.25) is 5.82 Å². The molecule has 0 spiro atoms. The monoisotopic (exact) mass is 296 g/mol. The van der Waals surface area contributed by atoms with E-state index in [4.69, 9.17) is 0 Å². The fourth-order valence-electron chi connectivity index (χ4n) is 2.83. The van der Waals surface area contributed by atoms with Crippen LogP contribution in [0.1, 0.15) is 32.6 Å². The van der Waals surface area contributed by atoms with Crippen LogP contribution in [0, 0.1) is 21.3 Å². The molecule has 7 heteroatoms. The molecule has 0 bridgehead atoms. The number of halogens is 1. The number of nitro benzene ring substituents is 1. The number of carboxylic acids is 1. The summed E-state index contributed by atoms with van der Waals surface area (Å²) in [6.45, 7) is 1.62. The van der Waals surface area contributed by atoms with Crippen molar-refractivity contribution >= 4 is 17.3 Å². The van der Waals surface area contributed by atoms with Crippen LogP contribution in [-0.4, -0.2) is 22.0 Å². The molecule has 0 aromatic heterocycles. The van der Waals surface area contributed by atoms with Gasteiger partial charge in [0.25, 0.3) is 0 Å². The topological polar surface area (TPSA) is 92.5 Å². The second-order valence-electron chi connectivity index (χ2n) is 5.56. The zero-order valence-electron chi connectivity index (χ0n) is 11.6. The van der Waals surface area contributed by atoms with E-state index in [-0.39, 0.29) is 5.69 Å². The van der Waals surface area contributed by atoms with E-state index in [1.54, 1.807) is 6.92 Å². The van der Waals surface area contributed by atoms with Gasteiger partial charge in [-0.2, -0.15) is 4.39 Å². The van der Waals surface area contributed by atoms with E-state index in [2.05, 4.69) is 5.32 Å². The minimum absolute atomic E-state index is 0.0272. The van der Waals surface area contributed by atoms with E-state index in [0.717, 1.165) is 18.9 Å². The number of nitrogens with zero attached hydrogens (tertiary/aromatic N) is 1. The fraction of sp³-hybridized carbons (Fsp3) is 0.500. The van der Waals surface area contributed by atoms with Crippen molar-refractivity contribution in [2.75, 3.05) is 5.32 Å². The van der Waals surface area contributed by atoms with Crippen molar-refractivity contribution in [1.29, 1.82) is 0 Å². The maximum Gasteiger partial charge on any atom is 0.327 e. The molecule has 114 valence electrons. The predicted molar refractivity (Wildman–Crippen MR) is 74.7 cm³/mol. The first-order valence-electron chi connectivity index (χ1n) is 6.79. The largest absolute Gasteiger partial charge is 0.481 e. The number of para-hydroxylation sites is 1. The molecule has 2 atom stereocenters. The molecular formula is C14H17FN2O4. The molecule has 2 rings (SSSR count). The van der Waals surface area contributed by atoms with Gasteiger partial charge in [0.05, 0.1) is 10.3 Å². The van der Waals surface area contributed by atoms with E-state index in [9.17, 15) is 24.4 Å².